The summed E-state index contributed by atoms with van der Waals surface area (Å²) in [4.78, 5) is 11.5. The van der Waals surface area contributed by atoms with E-state index in [9.17, 15) is 4.79 Å². The van der Waals surface area contributed by atoms with Gasteiger partial charge in [-0.05, 0) is 19.3 Å². The molecule has 1 saturated carbocycles. The van der Waals surface area contributed by atoms with Gasteiger partial charge in [0, 0.05) is 19.4 Å². The van der Waals surface area contributed by atoms with Crippen LogP contribution in [0, 0.1) is 0 Å². The van der Waals surface area contributed by atoms with Crippen LogP contribution in [0.4, 0.5) is 0 Å². The van der Waals surface area contributed by atoms with Gasteiger partial charge in [0.2, 0.25) is 0 Å². The number of carbonyl (C=O) groups excluding carboxylic acids is 1. The minimum atomic E-state index is -0.434. The number of halogens is 1. The summed E-state index contributed by atoms with van der Waals surface area (Å²) in [6.45, 7) is 0.755. The van der Waals surface area contributed by atoms with Gasteiger partial charge in [-0.2, -0.15) is 0 Å². The van der Waals surface area contributed by atoms with Crippen LogP contribution in [0.2, 0.25) is 0 Å². The van der Waals surface area contributed by atoms with Crippen molar-refractivity contribution in [1.82, 2.24) is 0 Å². The third-order valence-corrected chi connectivity index (χ3v) is 4.25. The van der Waals surface area contributed by atoms with E-state index in [1.165, 1.54) is 0 Å². The van der Waals surface area contributed by atoms with E-state index < -0.39 is 5.60 Å². The van der Waals surface area contributed by atoms with E-state index in [0.717, 1.165) is 32.3 Å². The van der Waals surface area contributed by atoms with Gasteiger partial charge >= 0.3 is 5.97 Å². The summed E-state index contributed by atoms with van der Waals surface area (Å²) < 4.78 is 16.7. The summed E-state index contributed by atoms with van der Waals surface area (Å²) in [5, 5.41) is -0.0369. The maximum absolute atomic E-state index is 11.5. The Kier molecular flexibility index (Phi) is 3.05. The number of esters is 1. The van der Waals surface area contributed by atoms with E-state index in [4.69, 9.17) is 25.8 Å². The maximum Gasteiger partial charge on any atom is 0.309 e. The Morgan fingerprint density at radius 1 is 1.35 bits per heavy atom. The van der Waals surface area contributed by atoms with Crippen molar-refractivity contribution < 1.29 is 19.0 Å². The number of hydrogen-bond donors (Lipinski definition) is 0. The molecule has 4 atom stereocenters. The molecule has 3 rings (SSSR count). The summed E-state index contributed by atoms with van der Waals surface area (Å²) in [6, 6.07) is 0. The highest BCUT2D eigenvalue weighted by atomic mass is 35.5. The molecule has 0 N–H and O–H groups in total. The Morgan fingerprint density at radius 2 is 2.18 bits per heavy atom. The van der Waals surface area contributed by atoms with Crippen LogP contribution in [-0.2, 0) is 19.0 Å². The average Bonchev–Trinajstić information content (AvgIpc) is 2.87. The van der Waals surface area contributed by atoms with Crippen LogP contribution >= 0.6 is 11.6 Å². The van der Waals surface area contributed by atoms with Gasteiger partial charge in [-0.1, -0.05) is 0 Å². The molecule has 2 aliphatic heterocycles. The molecule has 3 aliphatic rings. The van der Waals surface area contributed by atoms with E-state index in [1.807, 2.05) is 0 Å². The minimum Gasteiger partial charge on any atom is -0.457 e. The molecule has 1 spiro atoms. The average molecular weight is 261 g/mol. The lowest BCUT2D eigenvalue weighted by Gasteiger charge is -2.33. The van der Waals surface area contributed by atoms with Gasteiger partial charge in [0.05, 0.1) is 17.9 Å². The first-order valence-electron chi connectivity index (χ1n) is 6.31. The molecule has 0 radical (unpaired) electrons. The van der Waals surface area contributed by atoms with Crippen molar-refractivity contribution in [3.8, 4) is 0 Å². The van der Waals surface area contributed by atoms with Gasteiger partial charge in [0.25, 0.3) is 0 Å². The third-order valence-electron chi connectivity index (χ3n) is 3.70. The minimum absolute atomic E-state index is 0.0369. The van der Waals surface area contributed by atoms with Crippen LogP contribution in [0.5, 0.6) is 0 Å². The second-order valence-electron chi connectivity index (χ2n) is 5.17. The van der Waals surface area contributed by atoms with Crippen molar-refractivity contribution in [1.29, 1.82) is 0 Å². The second-order valence-corrected chi connectivity index (χ2v) is 5.70. The first kappa shape index (κ1) is 11.8. The summed E-state index contributed by atoms with van der Waals surface area (Å²) in [5.41, 5.74) is -0.434. The zero-order chi connectivity index (χ0) is 11.9. The van der Waals surface area contributed by atoms with E-state index in [1.54, 1.807) is 0 Å². The lowest BCUT2D eigenvalue weighted by atomic mass is 10.0. The van der Waals surface area contributed by atoms with Gasteiger partial charge in [-0.3, -0.25) is 4.79 Å². The molecule has 3 fully saturated rings. The van der Waals surface area contributed by atoms with E-state index >= 15 is 0 Å². The smallest absolute Gasteiger partial charge is 0.309 e. The predicted octanol–water partition coefficient (Wildman–Crippen LogP) is 1.99. The number of carbonyl (C=O) groups is 1. The molecule has 5 heteroatoms. The second kappa shape index (κ2) is 4.41. The summed E-state index contributed by atoms with van der Waals surface area (Å²) >= 11 is 6.03. The maximum atomic E-state index is 11.5. The van der Waals surface area contributed by atoms with Crippen molar-refractivity contribution >= 4 is 17.6 Å². The first-order valence-corrected chi connectivity index (χ1v) is 6.75. The van der Waals surface area contributed by atoms with Crippen LogP contribution in [0.15, 0.2) is 0 Å². The number of alkyl halides is 1. The van der Waals surface area contributed by atoms with Crippen LogP contribution in [0.3, 0.4) is 0 Å². The highest BCUT2D eigenvalue weighted by Crippen LogP contribution is 2.51. The number of ether oxygens (including phenoxy) is 3. The summed E-state index contributed by atoms with van der Waals surface area (Å²) in [5.74, 6) is -0.194. The Morgan fingerprint density at radius 3 is 2.82 bits per heavy atom. The molecule has 2 heterocycles. The predicted molar refractivity (Wildman–Crippen MR) is 60.8 cm³/mol. The number of hydrogen-bond acceptors (Lipinski definition) is 4. The molecular formula is C12H17ClO4. The van der Waals surface area contributed by atoms with Gasteiger partial charge in [0.15, 0.2) is 6.29 Å². The fourth-order valence-electron chi connectivity index (χ4n) is 2.64. The Balaban J connectivity index is 1.57. The quantitative estimate of drug-likeness (QED) is 0.563. The Hall–Kier alpha value is -0.320. The first-order chi connectivity index (χ1) is 8.18. The Labute approximate surface area is 106 Å². The molecule has 3 unspecified atom stereocenters. The number of rotatable bonds is 2. The zero-order valence-corrected chi connectivity index (χ0v) is 10.4. The van der Waals surface area contributed by atoms with Crippen LogP contribution in [0.1, 0.15) is 38.5 Å². The molecule has 1 aliphatic carbocycles. The fraction of sp³-hybridized carbons (Fsp3) is 0.917. The van der Waals surface area contributed by atoms with Gasteiger partial charge in [-0.25, -0.2) is 0 Å². The van der Waals surface area contributed by atoms with Gasteiger partial charge in [0.1, 0.15) is 5.60 Å². The van der Waals surface area contributed by atoms with Crippen molar-refractivity contribution in [3.63, 3.8) is 0 Å². The highest BCUT2D eigenvalue weighted by Gasteiger charge is 2.60. The molecule has 0 aromatic rings. The van der Waals surface area contributed by atoms with Crippen molar-refractivity contribution in [2.45, 2.75) is 61.9 Å². The monoisotopic (exact) mass is 260 g/mol. The fourth-order valence-corrected chi connectivity index (χ4v) is 3.04. The lowest BCUT2D eigenvalue weighted by molar-refractivity contribution is -0.211. The largest absolute Gasteiger partial charge is 0.457 e. The molecule has 0 amide bonds. The van der Waals surface area contributed by atoms with Crippen molar-refractivity contribution in [2.75, 3.05) is 6.61 Å². The molecule has 0 aromatic heterocycles. The molecule has 17 heavy (non-hydrogen) atoms. The van der Waals surface area contributed by atoms with Crippen LogP contribution in [-0.4, -0.2) is 35.9 Å². The molecule has 96 valence electrons. The topological polar surface area (TPSA) is 44.8 Å². The Bertz CT molecular complexity index is 316. The third kappa shape index (κ3) is 2.44. The summed E-state index contributed by atoms with van der Waals surface area (Å²) in [7, 11) is 0. The standard InChI is InChI=1S/C12H17ClO4/c13-9-7-12(9)6-8(5-10(14)17-12)16-11-3-1-2-4-15-11/h8-9,11H,1-7H2/t8-,9?,11?,12?/m0/s1. The highest BCUT2D eigenvalue weighted by molar-refractivity contribution is 6.23. The van der Waals surface area contributed by atoms with Crippen molar-refractivity contribution in [3.05, 3.63) is 0 Å². The normalized spacial score (nSPS) is 45.7. The van der Waals surface area contributed by atoms with Crippen LogP contribution < -0.4 is 0 Å². The van der Waals surface area contributed by atoms with E-state index in [2.05, 4.69) is 0 Å². The van der Waals surface area contributed by atoms with E-state index in [0.29, 0.717) is 12.8 Å². The van der Waals surface area contributed by atoms with Crippen molar-refractivity contribution in [2.24, 2.45) is 0 Å². The molecule has 2 saturated heterocycles. The molecule has 0 bridgehead atoms. The summed E-state index contributed by atoms with van der Waals surface area (Å²) in [6.07, 6.45) is 4.70. The van der Waals surface area contributed by atoms with Gasteiger partial charge < -0.3 is 14.2 Å². The van der Waals surface area contributed by atoms with Gasteiger partial charge in [-0.15, -0.1) is 11.6 Å². The molecule has 4 nitrogen and oxygen atoms in total. The lowest BCUT2D eigenvalue weighted by Crippen LogP contribution is -2.40. The molecule has 0 aromatic carbocycles. The SMILES string of the molecule is O=C1C[C@H](OC2CCCCO2)CC2(CC2Cl)O1. The van der Waals surface area contributed by atoms with Crippen LogP contribution in [0.25, 0.3) is 0 Å². The zero-order valence-electron chi connectivity index (χ0n) is 9.69. The van der Waals surface area contributed by atoms with E-state index in [-0.39, 0.29) is 23.7 Å². The molecular weight excluding hydrogens is 244 g/mol.